The highest BCUT2D eigenvalue weighted by Crippen LogP contribution is 2.24. The molecule has 1 unspecified atom stereocenters. The maximum Gasteiger partial charge on any atom is 0.339 e. The lowest BCUT2D eigenvalue weighted by Crippen LogP contribution is -2.30. The number of nitrogens with zero attached hydrogens (tertiary/aromatic N) is 1. The Morgan fingerprint density at radius 3 is 2.45 bits per heavy atom. The molecule has 1 amide bonds. The van der Waals surface area contributed by atoms with Gasteiger partial charge in [0.2, 0.25) is 0 Å². The van der Waals surface area contributed by atoms with E-state index >= 15 is 0 Å². The molecular weight excluding hydrogens is 364 g/mol. The minimum absolute atomic E-state index is 0.384. The predicted octanol–water partition coefficient (Wildman–Crippen LogP) is 4.88. The number of amides is 1. The first-order valence-corrected chi connectivity index (χ1v) is 9.39. The number of nitrogens with one attached hydrogen (secondary N) is 1. The molecule has 1 aromatic heterocycles. The van der Waals surface area contributed by atoms with E-state index in [2.05, 4.69) is 10.3 Å². The molecule has 4 rings (SSSR count). The summed E-state index contributed by atoms with van der Waals surface area (Å²) in [6, 6.07) is 22.5. The number of esters is 1. The highest BCUT2D eigenvalue weighted by molar-refractivity contribution is 6.06. The van der Waals surface area contributed by atoms with E-state index in [1.165, 1.54) is 0 Å². The molecule has 0 aliphatic carbocycles. The molecule has 4 aromatic rings. The molecule has 0 aliphatic rings. The molecule has 0 aliphatic heterocycles. The molecule has 0 bridgehead atoms. The number of hydrogen-bond acceptors (Lipinski definition) is 4. The van der Waals surface area contributed by atoms with Crippen molar-refractivity contribution in [1.29, 1.82) is 0 Å². The van der Waals surface area contributed by atoms with Crippen LogP contribution in [-0.2, 0) is 9.53 Å². The topological polar surface area (TPSA) is 68.3 Å². The van der Waals surface area contributed by atoms with Gasteiger partial charge in [0.25, 0.3) is 5.91 Å². The number of carbonyl (C=O) groups excluding carboxylic acids is 2. The van der Waals surface area contributed by atoms with E-state index in [1.807, 2.05) is 73.7 Å². The zero-order valence-electron chi connectivity index (χ0n) is 16.2. The average molecular weight is 384 g/mol. The van der Waals surface area contributed by atoms with Crippen molar-refractivity contribution in [2.45, 2.75) is 20.0 Å². The number of hydrogen-bond donors (Lipinski definition) is 1. The first kappa shape index (κ1) is 18.6. The molecule has 5 heteroatoms. The summed E-state index contributed by atoms with van der Waals surface area (Å²) in [4.78, 5) is 29.8. The summed E-state index contributed by atoms with van der Waals surface area (Å²) < 4.78 is 5.47. The number of benzene rings is 3. The first-order valence-electron chi connectivity index (χ1n) is 9.39. The van der Waals surface area contributed by atoms with Gasteiger partial charge in [-0.1, -0.05) is 54.6 Å². The minimum atomic E-state index is -0.950. The Hall–Kier alpha value is -3.73. The number of para-hydroxylation sites is 1. The fourth-order valence-corrected chi connectivity index (χ4v) is 3.32. The Morgan fingerprint density at radius 2 is 1.62 bits per heavy atom. The van der Waals surface area contributed by atoms with E-state index < -0.39 is 12.1 Å². The summed E-state index contributed by atoms with van der Waals surface area (Å²) >= 11 is 0. The van der Waals surface area contributed by atoms with Gasteiger partial charge in [-0.3, -0.25) is 9.78 Å². The molecule has 1 heterocycles. The number of fused-ring (bicyclic) bond motifs is 2. The van der Waals surface area contributed by atoms with E-state index in [1.54, 1.807) is 13.0 Å². The second-order valence-corrected chi connectivity index (χ2v) is 6.89. The van der Waals surface area contributed by atoms with Gasteiger partial charge in [-0.25, -0.2) is 4.79 Å². The number of anilines is 1. The largest absolute Gasteiger partial charge is 0.449 e. The van der Waals surface area contributed by atoms with Gasteiger partial charge >= 0.3 is 5.97 Å². The normalized spacial score (nSPS) is 11.9. The fourth-order valence-electron chi connectivity index (χ4n) is 3.32. The highest BCUT2D eigenvalue weighted by Gasteiger charge is 2.21. The van der Waals surface area contributed by atoms with Crippen LogP contribution in [0.15, 0.2) is 72.8 Å². The van der Waals surface area contributed by atoms with Gasteiger partial charge in [0, 0.05) is 22.2 Å². The molecule has 0 fully saturated rings. The van der Waals surface area contributed by atoms with Crippen LogP contribution in [0.2, 0.25) is 0 Å². The van der Waals surface area contributed by atoms with Gasteiger partial charge in [0.15, 0.2) is 6.10 Å². The molecule has 0 radical (unpaired) electrons. The molecule has 0 saturated carbocycles. The number of aromatic nitrogens is 1. The van der Waals surface area contributed by atoms with E-state index in [-0.39, 0.29) is 5.91 Å². The van der Waals surface area contributed by atoms with Crippen LogP contribution in [0, 0.1) is 6.92 Å². The summed E-state index contributed by atoms with van der Waals surface area (Å²) in [6.07, 6.45) is -0.950. The van der Waals surface area contributed by atoms with Crippen molar-refractivity contribution in [1.82, 2.24) is 4.98 Å². The molecule has 3 aromatic carbocycles. The van der Waals surface area contributed by atoms with Crippen LogP contribution in [-0.4, -0.2) is 23.0 Å². The van der Waals surface area contributed by atoms with Crippen molar-refractivity contribution < 1.29 is 14.3 Å². The lowest BCUT2D eigenvalue weighted by Gasteiger charge is -2.15. The zero-order valence-corrected chi connectivity index (χ0v) is 16.2. The summed E-state index contributed by atoms with van der Waals surface area (Å²) in [5.41, 5.74) is 2.51. The Morgan fingerprint density at radius 1 is 0.931 bits per heavy atom. The van der Waals surface area contributed by atoms with Crippen LogP contribution in [0.1, 0.15) is 23.0 Å². The molecule has 1 N–H and O–H groups in total. The standard InChI is InChI=1S/C24H20N2O3/c1-15-14-20(19-11-5-6-12-22(19)25-15)24(28)29-16(2)23(27)26-21-13-7-9-17-8-3-4-10-18(17)21/h3-14,16H,1-2H3,(H,26,27). The SMILES string of the molecule is Cc1cc(C(=O)OC(C)C(=O)Nc2cccc3ccccc23)c2ccccc2n1. The van der Waals surface area contributed by atoms with E-state index in [0.717, 1.165) is 10.8 Å². The lowest BCUT2D eigenvalue weighted by atomic mass is 10.1. The average Bonchev–Trinajstić information content (AvgIpc) is 2.73. The van der Waals surface area contributed by atoms with Crippen LogP contribution >= 0.6 is 0 Å². The predicted molar refractivity (Wildman–Crippen MR) is 114 cm³/mol. The van der Waals surface area contributed by atoms with Crippen LogP contribution in [0.4, 0.5) is 5.69 Å². The molecule has 0 spiro atoms. The number of aryl methyl sites for hydroxylation is 1. The van der Waals surface area contributed by atoms with Crippen molar-refractivity contribution in [2.24, 2.45) is 0 Å². The number of ether oxygens (including phenoxy) is 1. The second-order valence-electron chi connectivity index (χ2n) is 6.89. The molecule has 29 heavy (non-hydrogen) atoms. The number of pyridine rings is 1. The van der Waals surface area contributed by atoms with Gasteiger partial charge < -0.3 is 10.1 Å². The van der Waals surface area contributed by atoms with E-state index in [0.29, 0.717) is 27.8 Å². The summed E-state index contributed by atoms with van der Waals surface area (Å²) in [7, 11) is 0. The summed E-state index contributed by atoms with van der Waals surface area (Å²) in [5.74, 6) is -0.933. The molecule has 1 atom stereocenters. The second kappa shape index (κ2) is 7.72. The van der Waals surface area contributed by atoms with Crippen LogP contribution in [0.5, 0.6) is 0 Å². The number of rotatable bonds is 4. The third-order valence-electron chi connectivity index (χ3n) is 4.76. The summed E-state index contributed by atoms with van der Waals surface area (Å²) in [6.45, 7) is 3.38. The molecule has 0 saturated heterocycles. The van der Waals surface area contributed by atoms with E-state index in [9.17, 15) is 9.59 Å². The maximum absolute atomic E-state index is 12.8. The Balaban J connectivity index is 1.54. The zero-order chi connectivity index (χ0) is 20.4. The lowest BCUT2D eigenvalue weighted by molar-refractivity contribution is -0.123. The van der Waals surface area contributed by atoms with Gasteiger partial charge in [0.05, 0.1) is 11.1 Å². The molecular formula is C24H20N2O3. The van der Waals surface area contributed by atoms with Gasteiger partial charge in [-0.05, 0) is 37.4 Å². The van der Waals surface area contributed by atoms with Gasteiger partial charge in [0.1, 0.15) is 0 Å². The van der Waals surface area contributed by atoms with Crippen LogP contribution in [0.3, 0.4) is 0 Å². The van der Waals surface area contributed by atoms with E-state index in [4.69, 9.17) is 4.74 Å². The quantitative estimate of drug-likeness (QED) is 0.509. The maximum atomic E-state index is 12.8. The van der Waals surface area contributed by atoms with Crippen molar-refractivity contribution in [3.63, 3.8) is 0 Å². The van der Waals surface area contributed by atoms with Crippen molar-refractivity contribution in [3.05, 3.63) is 84.1 Å². The van der Waals surface area contributed by atoms with Crippen molar-refractivity contribution in [2.75, 3.05) is 5.32 Å². The fraction of sp³-hybridized carbons (Fsp3) is 0.125. The van der Waals surface area contributed by atoms with Crippen molar-refractivity contribution in [3.8, 4) is 0 Å². The highest BCUT2D eigenvalue weighted by atomic mass is 16.5. The third kappa shape index (κ3) is 3.80. The number of carbonyl (C=O) groups is 2. The molecule has 5 nitrogen and oxygen atoms in total. The van der Waals surface area contributed by atoms with Gasteiger partial charge in [-0.15, -0.1) is 0 Å². The van der Waals surface area contributed by atoms with Crippen LogP contribution in [0.25, 0.3) is 21.7 Å². The van der Waals surface area contributed by atoms with Crippen molar-refractivity contribution >= 4 is 39.2 Å². The van der Waals surface area contributed by atoms with Crippen LogP contribution < -0.4 is 5.32 Å². The monoisotopic (exact) mass is 384 g/mol. The smallest absolute Gasteiger partial charge is 0.339 e. The Labute approximate surface area is 168 Å². The Bertz CT molecular complexity index is 1230. The minimum Gasteiger partial charge on any atom is -0.449 e. The first-order chi connectivity index (χ1) is 14.0. The molecule has 144 valence electrons. The Kier molecular flexibility index (Phi) is 4.96. The third-order valence-corrected chi connectivity index (χ3v) is 4.76. The van der Waals surface area contributed by atoms with Gasteiger partial charge in [-0.2, -0.15) is 0 Å². The summed E-state index contributed by atoms with van der Waals surface area (Å²) in [5, 5.41) is 5.51.